The van der Waals surface area contributed by atoms with Gasteiger partial charge in [0.2, 0.25) is 0 Å². The van der Waals surface area contributed by atoms with Crippen molar-refractivity contribution in [2.45, 2.75) is 59.3 Å². The van der Waals surface area contributed by atoms with Crippen molar-refractivity contribution in [2.75, 3.05) is 6.61 Å². The number of aryl methyl sites for hydroxylation is 1. The Bertz CT molecular complexity index is 2820. The predicted molar refractivity (Wildman–Crippen MR) is 279 cm³/mol. The first-order valence-corrected chi connectivity index (χ1v) is 22.6. The summed E-state index contributed by atoms with van der Waals surface area (Å²) in [6.07, 6.45) is 26.7. The van der Waals surface area contributed by atoms with E-state index in [0.717, 1.165) is 64.0 Å². The maximum atomic E-state index is 5.59. The molecule has 5 aromatic rings. The van der Waals surface area contributed by atoms with Gasteiger partial charge < -0.3 is 9.15 Å². The number of hydrogen-bond acceptors (Lipinski definition) is 2. The van der Waals surface area contributed by atoms with E-state index in [1.807, 2.05) is 36.4 Å². The van der Waals surface area contributed by atoms with E-state index in [2.05, 4.69) is 223 Å². The fourth-order valence-corrected chi connectivity index (χ4v) is 7.37. The molecule has 2 heterocycles. The fraction of sp³-hybridized carbons (Fsp3) is 0.161. The molecular formula is C62H64O2. The molecule has 0 bridgehead atoms. The number of benzene rings is 3. The quantitative estimate of drug-likeness (QED) is 0.131. The third-order valence-corrected chi connectivity index (χ3v) is 10.8. The average Bonchev–Trinajstić information content (AvgIpc) is 3.63. The second kappa shape index (κ2) is 27.0. The minimum absolute atomic E-state index is 0.326. The summed E-state index contributed by atoms with van der Waals surface area (Å²) in [4.78, 5) is 0. The summed E-state index contributed by atoms with van der Waals surface area (Å²) in [5, 5.41) is 4.64. The molecule has 2 heteroatoms. The van der Waals surface area contributed by atoms with Crippen molar-refractivity contribution in [3.8, 4) is 0 Å². The lowest BCUT2D eigenvalue weighted by atomic mass is 9.88. The second-order valence-electron chi connectivity index (χ2n) is 15.3. The van der Waals surface area contributed by atoms with Crippen molar-refractivity contribution >= 4 is 40.0 Å². The molecule has 4 aromatic carbocycles. The lowest BCUT2D eigenvalue weighted by Gasteiger charge is -2.17. The molecule has 0 saturated heterocycles. The summed E-state index contributed by atoms with van der Waals surface area (Å²) in [6.45, 7) is 17.3. The highest BCUT2D eigenvalue weighted by Gasteiger charge is 2.11. The molecule has 0 spiro atoms. The summed E-state index contributed by atoms with van der Waals surface area (Å²) < 4.78 is 11.1. The number of fused-ring (bicyclic) bond motifs is 2. The zero-order valence-electron chi connectivity index (χ0n) is 38.2. The van der Waals surface area contributed by atoms with E-state index in [9.17, 15) is 0 Å². The summed E-state index contributed by atoms with van der Waals surface area (Å²) in [5.41, 5.74) is 10.1. The molecule has 0 fully saturated rings. The number of allylic oxidation sites excluding steroid dienone is 10. The van der Waals surface area contributed by atoms with E-state index >= 15 is 0 Å². The van der Waals surface area contributed by atoms with Gasteiger partial charge in [-0.15, -0.1) is 0 Å². The number of rotatable bonds is 10. The lowest BCUT2D eigenvalue weighted by Crippen LogP contribution is -2.17. The molecule has 1 unspecified atom stereocenters. The van der Waals surface area contributed by atoms with Gasteiger partial charge in [-0.1, -0.05) is 240 Å². The Kier molecular flexibility index (Phi) is 20.2. The van der Waals surface area contributed by atoms with E-state index in [0.29, 0.717) is 12.5 Å². The highest BCUT2D eigenvalue weighted by molar-refractivity contribution is 5.81. The largest absolute Gasteiger partial charge is 0.496 e. The van der Waals surface area contributed by atoms with Crippen molar-refractivity contribution < 1.29 is 9.15 Å². The summed E-state index contributed by atoms with van der Waals surface area (Å²) in [5.74, 6) is 0.326. The van der Waals surface area contributed by atoms with Crippen molar-refractivity contribution in [2.24, 2.45) is 0 Å². The van der Waals surface area contributed by atoms with Crippen molar-refractivity contribution in [3.63, 3.8) is 0 Å². The Hall–Kier alpha value is -7.16. The number of hydrogen-bond donors (Lipinski definition) is 0. The normalized spacial score (nSPS) is 14.9. The number of ether oxygens (including phenoxy) is 1. The van der Waals surface area contributed by atoms with Crippen LogP contribution in [0.3, 0.4) is 0 Å². The zero-order valence-corrected chi connectivity index (χ0v) is 38.2. The van der Waals surface area contributed by atoms with Crippen LogP contribution < -0.4 is 10.6 Å². The van der Waals surface area contributed by atoms with Crippen LogP contribution in [0.5, 0.6) is 0 Å². The van der Waals surface area contributed by atoms with Crippen molar-refractivity contribution in [1.82, 2.24) is 0 Å². The van der Waals surface area contributed by atoms with Gasteiger partial charge in [0.15, 0.2) is 0 Å². The molecule has 64 heavy (non-hydrogen) atoms. The first kappa shape index (κ1) is 47.9. The molecule has 0 radical (unpaired) electrons. The van der Waals surface area contributed by atoms with Gasteiger partial charge in [0, 0.05) is 16.5 Å². The maximum absolute atomic E-state index is 5.59. The Morgan fingerprint density at radius 2 is 1.34 bits per heavy atom. The van der Waals surface area contributed by atoms with Gasteiger partial charge in [-0.2, -0.15) is 0 Å². The Morgan fingerprint density at radius 3 is 2.08 bits per heavy atom. The summed E-state index contributed by atoms with van der Waals surface area (Å²) in [7, 11) is 0. The van der Waals surface area contributed by atoms with Crippen LogP contribution in [0.15, 0.2) is 241 Å². The molecule has 6 rings (SSSR count). The van der Waals surface area contributed by atoms with Crippen LogP contribution in [0.1, 0.15) is 68.7 Å². The maximum Gasteiger partial charge on any atom is 0.135 e. The lowest BCUT2D eigenvalue weighted by molar-refractivity contribution is 0.282. The molecule has 0 aliphatic carbocycles. The molecule has 0 N–H and O–H groups in total. The van der Waals surface area contributed by atoms with E-state index in [1.54, 1.807) is 6.26 Å². The standard InChI is InChI=1S/C50H52O.C12H12O/c1-5-24-48(39-44(7-3)50-37-20-19-29-43(50)6-2)47-31-13-9-8-12-30-45-33-17-18-34-46(45)36-23-28-42(26-11-10-14-32-47)27-15-16-35-49-40-51-38-22-21-25-41(49)4;1-3-6-10-9(2)13-12-8-5-4-7-11(10)12/h5,8-26,28-39,44H,4,6-7,27,40H2,1-3H3;4-8H,2-3H2,1H3/b9-8?,11-10?,12-8?,13-9?,14-10?,16-15-,24-5-,25-21-,26-11?,28-23?,30-12?,31-13?,32-14?,36-23?,38-22-,42-26?,42-28?,45-30?,46-36?,47-31?,47-32?,48-39+,49-35+;10-6+. The fourth-order valence-electron chi connectivity index (χ4n) is 7.37. The first-order chi connectivity index (χ1) is 31.4. The topological polar surface area (TPSA) is 22.4 Å². The van der Waals surface area contributed by atoms with Gasteiger partial charge >= 0.3 is 0 Å². The first-order valence-electron chi connectivity index (χ1n) is 22.6. The third kappa shape index (κ3) is 15.0. The molecule has 1 atom stereocenters. The van der Waals surface area contributed by atoms with Crippen molar-refractivity contribution in [3.05, 3.63) is 269 Å². The molecule has 1 aliphatic heterocycles. The smallest absolute Gasteiger partial charge is 0.135 e. The molecule has 0 saturated carbocycles. The van der Waals surface area contributed by atoms with Gasteiger partial charge in [0.1, 0.15) is 17.6 Å². The van der Waals surface area contributed by atoms with Gasteiger partial charge in [-0.3, -0.25) is 0 Å². The zero-order chi connectivity index (χ0) is 45.2. The van der Waals surface area contributed by atoms with E-state index in [4.69, 9.17) is 9.15 Å². The van der Waals surface area contributed by atoms with Crippen LogP contribution in [0.4, 0.5) is 0 Å². The van der Waals surface area contributed by atoms with Crippen LogP contribution in [0.25, 0.3) is 40.0 Å². The number of furan rings is 1. The van der Waals surface area contributed by atoms with E-state index < -0.39 is 0 Å². The van der Waals surface area contributed by atoms with Gasteiger partial charge in [-0.05, 0) is 94.5 Å². The van der Waals surface area contributed by atoms with Crippen molar-refractivity contribution in [1.29, 1.82) is 0 Å². The Morgan fingerprint density at radius 1 is 0.703 bits per heavy atom. The molecule has 324 valence electrons. The van der Waals surface area contributed by atoms with Crippen LogP contribution in [-0.4, -0.2) is 6.61 Å². The number of para-hydroxylation sites is 1. The third-order valence-electron chi connectivity index (χ3n) is 10.8. The molecule has 1 aliphatic rings. The highest BCUT2D eigenvalue weighted by atomic mass is 16.5. The molecular weight excluding hydrogens is 777 g/mol. The van der Waals surface area contributed by atoms with Gasteiger partial charge in [0.25, 0.3) is 0 Å². The van der Waals surface area contributed by atoms with E-state index in [-0.39, 0.29) is 0 Å². The molecule has 0 amide bonds. The summed E-state index contributed by atoms with van der Waals surface area (Å²) >= 11 is 0. The second-order valence-corrected chi connectivity index (χ2v) is 15.3. The highest BCUT2D eigenvalue weighted by Crippen LogP contribution is 2.29. The summed E-state index contributed by atoms with van der Waals surface area (Å²) in [6, 6.07) is 55.4. The predicted octanol–water partition coefficient (Wildman–Crippen LogP) is 15.6. The van der Waals surface area contributed by atoms with Gasteiger partial charge in [0.05, 0.1) is 6.26 Å². The molecule has 2 nitrogen and oxygen atoms in total. The molecule has 1 aromatic heterocycles. The Balaban J connectivity index is 0.000000502. The van der Waals surface area contributed by atoms with Crippen LogP contribution in [0, 0.1) is 0 Å². The monoisotopic (exact) mass is 840 g/mol. The average molecular weight is 841 g/mol. The van der Waals surface area contributed by atoms with E-state index in [1.165, 1.54) is 33.0 Å². The van der Waals surface area contributed by atoms with Crippen LogP contribution in [-0.2, 0) is 17.6 Å². The van der Waals surface area contributed by atoms with Crippen LogP contribution >= 0.6 is 0 Å². The minimum Gasteiger partial charge on any atom is -0.496 e. The minimum atomic E-state index is 0.326. The van der Waals surface area contributed by atoms with Crippen LogP contribution in [0.2, 0.25) is 0 Å². The van der Waals surface area contributed by atoms with Gasteiger partial charge in [-0.25, -0.2) is 0 Å². The Labute approximate surface area is 382 Å². The SMILES string of the molecule is C=C1/C=C\C=C/OC/C1=C\C=C/Cc1cccccc(C(/C=C\C)=C/C(CC)c2ccccc2CC)ccccccc2ccccc2ccc1.C=c1oc2ccccc2/c1=C/CC.